The molecule has 0 aliphatic rings. The van der Waals surface area contributed by atoms with Gasteiger partial charge in [0.05, 0.1) is 4.47 Å². The van der Waals surface area contributed by atoms with E-state index in [2.05, 4.69) is 52.9 Å². The first-order valence-corrected chi connectivity index (χ1v) is 6.19. The zero-order valence-electron chi connectivity index (χ0n) is 7.01. The molecular formula is C7H7Br3N2O2. The maximum atomic E-state index is 10.3. The van der Waals surface area contributed by atoms with Gasteiger partial charge in [-0.05, 0) is 54.2 Å². The van der Waals surface area contributed by atoms with Crippen molar-refractivity contribution in [2.24, 2.45) is 0 Å². The van der Waals surface area contributed by atoms with Crippen LogP contribution in [-0.4, -0.2) is 20.9 Å². The van der Waals surface area contributed by atoms with Crippen LogP contribution >= 0.6 is 47.8 Å². The third-order valence-corrected chi connectivity index (χ3v) is 4.73. The maximum Gasteiger partial charge on any atom is 0.303 e. The molecule has 0 atom stereocenters. The van der Waals surface area contributed by atoms with Gasteiger partial charge in [-0.2, -0.15) is 5.10 Å². The SMILES string of the molecule is O=C(O)CCCn1nc(Br)c(Br)c1Br. The van der Waals surface area contributed by atoms with E-state index in [1.807, 2.05) is 0 Å². The number of nitrogens with zero attached hydrogens (tertiary/aromatic N) is 2. The van der Waals surface area contributed by atoms with Gasteiger partial charge in [0.1, 0.15) is 9.21 Å². The molecule has 0 aromatic carbocycles. The van der Waals surface area contributed by atoms with Crippen LogP contribution in [0.5, 0.6) is 0 Å². The first-order valence-electron chi connectivity index (χ1n) is 3.81. The van der Waals surface area contributed by atoms with Crippen LogP contribution < -0.4 is 0 Å². The summed E-state index contributed by atoms with van der Waals surface area (Å²) >= 11 is 9.93. The zero-order chi connectivity index (χ0) is 10.7. The van der Waals surface area contributed by atoms with Crippen LogP contribution in [0.15, 0.2) is 13.7 Å². The van der Waals surface area contributed by atoms with Gasteiger partial charge in [0.2, 0.25) is 0 Å². The second-order valence-electron chi connectivity index (χ2n) is 2.62. The van der Waals surface area contributed by atoms with Gasteiger partial charge in [-0.1, -0.05) is 0 Å². The van der Waals surface area contributed by atoms with E-state index in [1.165, 1.54) is 0 Å². The van der Waals surface area contributed by atoms with Crippen LogP contribution in [0.3, 0.4) is 0 Å². The molecule has 0 fully saturated rings. The van der Waals surface area contributed by atoms with Gasteiger partial charge in [0.25, 0.3) is 0 Å². The van der Waals surface area contributed by atoms with Gasteiger partial charge in [-0.3, -0.25) is 9.48 Å². The Hall–Kier alpha value is 0.120. The van der Waals surface area contributed by atoms with E-state index in [1.54, 1.807) is 4.68 Å². The van der Waals surface area contributed by atoms with E-state index >= 15 is 0 Å². The Morgan fingerprint density at radius 2 is 2.07 bits per heavy atom. The fraction of sp³-hybridized carbons (Fsp3) is 0.429. The third-order valence-electron chi connectivity index (χ3n) is 1.56. The van der Waals surface area contributed by atoms with Gasteiger partial charge in [-0.25, -0.2) is 0 Å². The summed E-state index contributed by atoms with van der Waals surface area (Å²) in [5.74, 6) is -0.786. The number of aromatic nitrogens is 2. The molecule has 0 bridgehead atoms. The van der Waals surface area contributed by atoms with Crippen molar-refractivity contribution in [1.82, 2.24) is 9.78 Å². The summed E-state index contributed by atoms with van der Waals surface area (Å²) in [6.45, 7) is 0.580. The highest BCUT2D eigenvalue weighted by Gasteiger charge is 2.11. The molecule has 1 rings (SSSR count). The molecule has 1 heterocycles. The van der Waals surface area contributed by atoms with Gasteiger partial charge >= 0.3 is 5.97 Å². The number of halogens is 3. The molecule has 0 aliphatic carbocycles. The predicted octanol–water partition coefficient (Wildman–Crippen LogP) is 3.04. The van der Waals surface area contributed by atoms with E-state index in [-0.39, 0.29) is 6.42 Å². The first kappa shape index (κ1) is 12.2. The maximum absolute atomic E-state index is 10.3. The Labute approximate surface area is 106 Å². The van der Waals surface area contributed by atoms with E-state index in [9.17, 15) is 4.79 Å². The number of carboxylic acids is 1. The standard InChI is InChI=1S/C7H7Br3N2O2/c8-5-6(9)11-12(7(5)10)3-1-2-4(13)14/h1-3H2,(H,13,14). The molecule has 0 saturated heterocycles. The normalized spacial score (nSPS) is 10.5. The Balaban J connectivity index is 2.59. The van der Waals surface area contributed by atoms with Crippen molar-refractivity contribution < 1.29 is 9.90 Å². The lowest BCUT2D eigenvalue weighted by Gasteiger charge is -2.00. The number of hydrogen-bond acceptors (Lipinski definition) is 2. The van der Waals surface area contributed by atoms with Crippen LogP contribution in [0.2, 0.25) is 0 Å². The number of aliphatic carboxylic acids is 1. The lowest BCUT2D eigenvalue weighted by Crippen LogP contribution is -2.03. The quantitative estimate of drug-likeness (QED) is 0.859. The molecule has 1 N–H and O–H groups in total. The molecule has 0 aliphatic heterocycles. The van der Waals surface area contributed by atoms with Crippen molar-refractivity contribution in [2.45, 2.75) is 19.4 Å². The number of carboxylic acid groups (broad SMARTS) is 1. The molecule has 0 spiro atoms. The Kier molecular flexibility index (Phi) is 4.59. The Morgan fingerprint density at radius 3 is 2.50 bits per heavy atom. The van der Waals surface area contributed by atoms with E-state index < -0.39 is 5.97 Å². The molecule has 7 heteroatoms. The molecule has 0 unspecified atom stereocenters. The highest BCUT2D eigenvalue weighted by Crippen LogP contribution is 2.30. The minimum atomic E-state index is -0.786. The summed E-state index contributed by atoms with van der Waals surface area (Å²) in [6, 6.07) is 0. The highest BCUT2D eigenvalue weighted by atomic mass is 79.9. The average Bonchev–Trinajstić information content (AvgIpc) is 2.33. The molecular weight excluding hydrogens is 384 g/mol. The monoisotopic (exact) mass is 388 g/mol. The summed E-state index contributed by atoms with van der Waals surface area (Å²) in [5.41, 5.74) is 0. The van der Waals surface area contributed by atoms with Crippen LogP contribution in [0.1, 0.15) is 12.8 Å². The van der Waals surface area contributed by atoms with Gasteiger partial charge in [0.15, 0.2) is 0 Å². The van der Waals surface area contributed by atoms with Crippen LogP contribution in [0.4, 0.5) is 0 Å². The number of carbonyl (C=O) groups is 1. The molecule has 14 heavy (non-hydrogen) atoms. The van der Waals surface area contributed by atoms with Crippen LogP contribution in [0, 0.1) is 0 Å². The molecule has 0 saturated carbocycles. The summed E-state index contributed by atoms with van der Waals surface area (Å²) < 4.78 is 4.07. The van der Waals surface area contributed by atoms with E-state index in [0.29, 0.717) is 17.6 Å². The van der Waals surface area contributed by atoms with Crippen molar-refractivity contribution in [3.8, 4) is 0 Å². The second-order valence-corrected chi connectivity index (χ2v) is 4.91. The van der Waals surface area contributed by atoms with E-state index in [4.69, 9.17) is 5.11 Å². The Morgan fingerprint density at radius 1 is 1.43 bits per heavy atom. The lowest BCUT2D eigenvalue weighted by atomic mass is 10.3. The van der Waals surface area contributed by atoms with Crippen molar-refractivity contribution in [3.63, 3.8) is 0 Å². The largest absolute Gasteiger partial charge is 0.481 e. The molecule has 1 aromatic rings. The molecule has 0 radical (unpaired) electrons. The number of rotatable bonds is 4. The molecule has 4 nitrogen and oxygen atoms in total. The molecule has 1 aromatic heterocycles. The van der Waals surface area contributed by atoms with Crippen molar-refractivity contribution in [2.75, 3.05) is 0 Å². The summed E-state index contributed by atoms with van der Waals surface area (Å²) in [4.78, 5) is 10.3. The molecule has 78 valence electrons. The summed E-state index contributed by atoms with van der Waals surface area (Å²) in [5, 5.41) is 12.6. The summed E-state index contributed by atoms with van der Waals surface area (Å²) in [7, 11) is 0. The third kappa shape index (κ3) is 3.06. The van der Waals surface area contributed by atoms with Crippen LogP contribution in [0.25, 0.3) is 0 Å². The van der Waals surface area contributed by atoms with Crippen molar-refractivity contribution in [1.29, 1.82) is 0 Å². The zero-order valence-corrected chi connectivity index (χ0v) is 11.8. The predicted molar refractivity (Wildman–Crippen MR) is 62.2 cm³/mol. The van der Waals surface area contributed by atoms with Gasteiger partial charge in [-0.15, -0.1) is 0 Å². The van der Waals surface area contributed by atoms with Gasteiger partial charge in [0, 0.05) is 13.0 Å². The van der Waals surface area contributed by atoms with Crippen molar-refractivity contribution in [3.05, 3.63) is 13.7 Å². The second kappa shape index (κ2) is 5.27. The lowest BCUT2D eigenvalue weighted by molar-refractivity contribution is -0.137. The average molecular weight is 391 g/mol. The van der Waals surface area contributed by atoms with Crippen LogP contribution in [-0.2, 0) is 11.3 Å². The highest BCUT2D eigenvalue weighted by molar-refractivity contribution is 9.14. The van der Waals surface area contributed by atoms with Crippen molar-refractivity contribution >= 4 is 53.8 Å². The van der Waals surface area contributed by atoms with E-state index in [0.717, 1.165) is 9.08 Å². The minimum Gasteiger partial charge on any atom is -0.481 e. The number of aryl methyl sites for hydroxylation is 1. The Bertz CT molecular complexity index is 351. The molecule has 0 amide bonds. The summed E-state index contributed by atoms with van der Waals surface area (Å²) in [6.07, 6.45) is 0.718. The fourth-order valence-corrected chi connectivity index (χ4v) is 2.29. The topological polar surface area (TPSA) is 55.1 Å². The fourth-order valence-electron chi connectivity index (χ4n) is 0.920. The number of hydrogen-bond donors (Lipinski definition) is 1. The van der Waals surface area contributed by atoms with Gasteiger partial charge < -0.3 is 5.11 Å². The minimum absolute atomic E-state index is 0.154. The first-order chi connectivity index (χ1) is 6.52. The smallest absolute Gasteiger partial charge is 0.303 e.